The molecule has 2 rings (SSSR count). The second kappa shape index (κ2) is 6.27. The quantitative estimate of drug-likeness (QED) is 0.743. The van der Waals surface area contributed by atoms with Gasteiger partial charge >= 0.3 is 105 Å². The van der Waals surface area contributed by atoms with Gasteiger partial charge in [-0.3, -0.25) is 0 Å². The molecule has 0 bridgehead atoms. The average molecular weight is 279 g/mol. The Morgan fingerprint density at radius 2 is 1.81 bits per heavy atom. The van der Waals surface area contributed by atoms with Gasteiger partial charge in [-0.05, 0) is 0 Å². The predicted octanol–water partition coefficient (Wildman–Crippen LogP) is 3.50. The zero-order valence-electron chi connectivity index (χ0n) is 9.99. The maximum atomic E-state index is 2.55. The fourth-order valence-electron chi connectivity index (χ4n) is 2.34. The zero-order valence-corrected chi connectivity index (χ0v) is 11.7. The van der Waals surface area contributed by atoms with Gasteiger partial charge in [-0.2, -0.15) is 0 Å². The van der Waals surface area contributed by atoms with Crippen LogP contribution in [0.5, 0.6) is 0 Å². The molecule has 1 saturated carbocycles. The van der Waals surface area contributed by atoms with E-state index in [4.69, 9.17) is 0 Å². The molecule has 1 fully saturated rings. The number of rotatable bonds is 3. The van der Waals surface area contributed by atoms with Crippen LogP contribution in [0.2, 0.25) is 0 Å². The van der Waals surface area contributed by atoms with E-state index in [-0.39, 0.29) is 0 Å². The normalized spacial score (nSPS) is 18.7. The van der Waals surface area contributed by atoms with E-state index in [1.54, 1.807) is 4.47 Å². The van der Waals surface area contributed by atoms with Gasteiger partial charge in [0.25, 0.3) is 0 Å². The van der Waals surface area contributed by atoms with Crippen molar-refractivity contribution in [2.45, 2.75) is 39.0 Å². The van der Waals surface area contributed by atoms with Gasteiger partial charge in [0, 0.05) is 0 Å². The summed E-state index contributed by atoms with van der Waals surface area (Å²) in [5.74, 6) is 0.874. The van der Waals surface area contributed by atoms with Gasteiger partial charge < -0.3 is 0 Å². The van der Waals surface area contributed by atoms with Crippen molar-refractivity contribution in [3.8, 4) is 0 Å². The second-order valence-electron chi connectivity index (χ2n) is 4.59. The molecule has 0 aliphatic heterocycles. The third-order valence-electron chi connectivity index (χ3n) is 3.14. The SMILES string of the molecule is C/C(=C/C1CCCCC1)[Se]c1ccccc1. The molecule has 0 nitrogen and oxygen atoms in total. The van der Waals surface area contributed by atoms with Crippen LogP contribution in [0.1, 0.15) is 39.0 Å². The number of benzene rings is 1. The molecule has 16 heavy (non-hydrogen) atoms. The van der Waals surface area contributed by atoms with E-state index in [2.05, 4.69) is 43.3 Å². The molecule has 0 spiro atoms. The Labute approximate surface area is 105 Å². The Balaban J connectivity index is 1.91. The van der Waals surface area contributed by atoms with Crippen molar-refractivity contribution in [3.05, 3.63) is 40.9 Å². The Morgan fingerprint density at radius 1 is 1.12 bits per heavy atom. The standard InChI is InChI=1S/C15H20Se/c1-13(12-14-8-4-2-5-9-14)16-15-10-6-3-7-11-15/h3,6-7,10-12,14H,2,4-5,8-9H2,1H3/b13-12-. The Bertz CT molecular complexity index is 334. The summed E-state index contributed by atoms with van der Waals surface area (Å²) in [6, 6.07) is 10.9. The van der Waals surface area contributed by atoms with Crippen molar-refractivity contribution < 1.29 is 0 Å². The molecule has 86 valence electrons. The van der Waals surface area contributed by atoms with Crippen molar-refractivity contribution in [2.24, 2.45) is 5.92 Å². The van der Waals surface area contributed by atoms with Crippen LogP contribution in [-0.2, 0) is 0 Å². The van der Waals surface area contributed by atoms with E-state index in [0.717, 1.165) is 5.92 Å². The van der Waals surface area contributed by atoms with E-state index in [1.807, 2.05) is 0 Å². The molecule has 1 heteroatoms. The summed E-state index contributed by atoms with van der Waals surface area (Å²) in [6.07, 6.45) is 9.71. The van der Waals surface area contributed by atoms with Crippen LogP contribution in [0.3, 0.4) is 0 Å². The van der Waals surface area contributed by atoms with Crippen LogP contribution in [0, 0.1) is 5.92 Å². The summed E-state index contributed by atoms with van der Waals surface area (Å²) in [6.45, 7) is 2.31. The second-order valence-corrected chi connectivity index (χ2v) is 7.36. The summed E-state index contributed by atoms with van der Waals surface area (Å²) >= 11 is 0.540. The van der Waals surface area contributed by atoms with E-state index in [1.165, 1.54) is 36.6 Å². The molecule has 0 heterocycles. The van der Waals surface area contributed by atoms with Gasteiger partial charge in [-0.1, -0.05) is 0 Å². The third-order valence-corrected chi connectivity index (χ3v) is 5.17. The fraction of sp³-hybridized carbons (Fsp3) is 0.467. The summed E-state index contributed by atoms with van der Waals surface area (Å²) in [5.41, 5.74) is 0. The van der Waals surface area contributed by atoms with Crippen LogP contribution >= 0.6 is 0 Å². The molecule has 0 aromatic heterocycles. The molecule has 0 unspecified atom stereocenters. The molecule has 1 aliphatic rings. The monoisotopic (exact) mass is 280 g/mol. The average Bonchev–Trinajstić information content (AvgIpc) is 2.31. The first kappa shape index (κ1) is 12.0. The van der Waals surface area contributed by atoms with Gasteiger partial charge in [0.15, 0.2) is 0 Å². The first-order chi connectivity index (χ1) is 7.84. The van der Waals surface area contributed by atoms with Gasteiger partial charge in [0.05, 0.1) is 0 Å². The van der Waals surface area contributed by atoms with E-state index in [0.29, 0.717) is 15.0 Å². The van der Waals surface area contributed by atoms with Crippen LogP contribution in [0.25, 0.3) is 0 Å². The molecule has 1 aromatic carbocycles. The Kier molecular flexibility index (Phi) is 4.69. The summed E-state index contributed by atoms with van der Waals surface area (Å²) in [4.78, 5) is 0. The van der Waals surface area contributed by atoms with E-state index < -0.39 is 0 Å². The summed E-state index contributed by atoms with van der Waals surface area (Å²) < 4.78 is 3.10. The van der Waals surface area contributed by atoms with Gasteiger partial charge in [0.1, 0.15) is 0 Å². The first-order valence-electron chi connectivity index (χ1n) is 6.26. The van der Waals surface area contributed by atoms with Crippen molar-refractivity contribution >= 4 is 19.4 Å². The maximum absolute atomic E-state index is 2.55. The first-order valence-corrected chi connectivity index (χ1v) is 7.97. The summed E-state index contributed by atoms with van der Waals surface area (Å²) in [5, 5.41) is 0. The number of hydrogen-bond acceptors (Lipinski definition) is 0. The fourth-order valence-corrected chi connectivity index (χ4v) is 4.28. The molecule has 0 amide bonds. The van der Waals surface area contributed by atoms with E-state index in [9.17, 15) is 0 Å². The van der Waals surface area contributed by atoms with Crippen LogP contribution in [0.15, 0.2) is 40.9 Å². The molecule has 1 aliphatic carbocycles. The third kappa shape index (κ3) is 3.81. The predicted molar refractivity (Wildman–Crippen MR) is 72.2 cm³/mol. The number of allylic oxidation sites excluding steroid dienone is 2. The molecule has 0 radical (unpaired) electrons. The van der Waals surface area contributed by atoms with Crippen LogP contribution in [-0.4, -0.2) is 15.0 Å². The molecular formula is C15H20Se. The zero-order chi connectivity index (χ0) is 11.2. The van der Waals surface area contributed by atoms with Crippen molar-refractivity contribution in [3.63, 3.8) is 0 Å². The minimum absolute atomic E-state index is 0.540. The minimum atomic E-state index is 0.540. The van der Waals surface area contributed by atoms with Crippen molar-refractivity contribution in [2.75, 3.05) is 0 Å². The summed E-state index contributed by atoms with van der Waals surface area (Å²) in [7, 11) is 0. The number of hydrogen-bond donors (Lipinski definition) is 0. The van der Waals surface area contributed by atoms with Crippen LogP contribution in [0.4, 0.5) is 0 Å². The molecule has 0 N–H and O–H groups in total. The van der Waals surface area contributed by atoms with Crippen molar-refractivity contribution in [1.82, 2.24) is 0 Å². The van der Waals surface area contributed by atoms with Crippen molar-refractivity contribution in [1.29, 1.82) is 0 Å². The van der Waals surface area contributed by atoms with Gasteiger partial charge in [0.2, 0.25) is 0 Å². The Hall–Kier alpha value is -0.521. The molecule has 0 atom stereocenters. The molecular weight excluding hydrogens is 259 g/mol. The molecule has 0 saturated heterocycles. The topological polar surface area (TPSA) is 0 Å². The van der Waals surface area contributed by atoms with E-state index >= 15 is 0 Å². The van der Waals surface area contributed by atoms with Crippen LogP contribution < -0.4 is 4.46 Å². The Morgan fingerprint density at radius 3 is 2.50 bits per heavy atom. The molecule has 1 aromatic rings. The van der Waals surface area contributed by atoms with Gasteiger partial charge in [-0.25, -0.2) is 0 Å². The van der Waals surface area contributed by atoms with Gasteiger partial charge in [-0.15, -0.1) is 0 Å².